The molecule has 22 heavy (non-hydrogen) atoms. The van der Waals surface area contributed by atoms with Crippen molar-refractivity contribution in [3.8, 4) is 5.75 Å². The molecule has 2 atom stereocenters. The van der Waals surface area contributed by atoms with Gasteiger partial charge < -0.3 is 4.74 Å². The summed E-state index contributed by atoms with van der Waals surface area (Å²) in [5.74, 6) is 0.0993. The van der Waals surface area contributed by atoms with Crippen molar-refractivity contribution < 1.29 is 22.7 Å². The van der Waals surface area contributed by atoms with Crippen LogP contribution in [0.3, 0.4) is 0 Å². The molecular formula is C13H14N2O5S2. The number of hydrogen-bond acceptors (Lipinski definition) is 6. The number of fused-ring (bicyclic) bond motifs is 1. The summed E-state index contributed by atoms with van der Waals surface area (Å²) in [7, 11) is -3.45. The zero-order valence-electron chi connectivity index (χ0n) is 11.7. The summed E-state index contributed by atoms with van der Waals surface area (Å²) in [4.78, 5) is 22.9. The van der Waals surface area contributed by atoms with E-state index in [0.29, 0.717) is 11.4 Å². The highest BCUT2D eigenvalue weighted by molar-refractivity contribution is 8.15. The smallest absolute Gasteiger partial charge is 0.286 e. The Morgan fingerprint density at radius 3 is 2.73 bits per heavy atom. The molecule has 0 radical (unpaired) electrons. The third-order valence-corrected chi connectivity index (χ3v) is 5.59. The van der Waals surface area contributed by atoms with E-state index in [2.05, 4.69) is 5.32 Å². The molecule has 0 bridgehead atoms. The van der Waals surface area contributed by atoms with E-state index in [4.69, 9.17) is 4.74 Å². The van der Waals surface area contributed by atoms with Crippen molar-refractivity contribution in [1.82, 2.24) is 5.32 Å². The predicted molar refractivity (Wildman–Crippen MR) is 82.6 cm³/mol. The Kier molecular flexibility index (Phi) is 3.77. The standard InChI is InChI=1S/C13H14N2O5S2/c1-22(18,19)15-7-8(6-11-12(16)14-13(17)21-11)20-10-5-3-2-4-9(10)15/h2-5,8,11H,6-7H2,1H3,(H,14,16,17)/t8-,11?/m0/s1. The third kappa shape index (κ3) is 2.91. The van der Waals surface area contributed by atoms with Gasteiger partial charge >= 0.3 is 0 Å². The fourth-order valence-electron chi connectivity index (χ4n) is 2.49. The molecule has 0 saturated carbocycles. The van der Waals surface area contributed by atoms with Crippen molar-refractivity contribution in [3.05, 3.63) is 24.3 Å². The van der Waals surface area contributed by atoms with Gasteiger partial charge in [-0.3, -0.25) is 19.2 Å². The molecule has 7 nitrogen and oxygen atoms in total. The minimum Gasteiger partial charge on any atom is -0.486 e. The largest absolute Gasteiger partial charge is 0.486 e. The van der Waals surface area contributed by atoms with E-state index in [1.165, 1.54) is 4.31 Å². The molecule has 0 spiro atoms. The number of benzene rings is 1. The number of ether oxygens (including phenoxy) is 1. The Labute approximate surface area is 132 Å². The van der Waals surface area contributed by atoms with Crippen LogP contribution in [0.25, 0.3) is 0 Å². The van der Waals surface area contributed by atoms with E-state index in [1.807, 2.05) is 0 Å². The van der Waals surface area contributed by atoms with Crippen LogP contribution in [-0.2, 0) is 14.8 Å². The summed E-state index contributed by atoms with van der Waals surface area (Å²) in [6.07, 6.45) is 0.911. The number of rotatable bonds is 3. The number of carbonyl (C=O) groups is 2. The van der Waals surface area contributed by atoms with Crippen LogP contribution in [0.4, 0.5) is 10.5 Å². The lowest BCUT2D eigenvalue weighted by atomic mass is 10.1. The topological polar surface area (TPSA) is 92.8 Å². The number of hydrogen-bond donors (Lipinski definition) is 1. The van der Waals surface area contributed by atoms with Gasteiger partial charge in [-0.1, -0.05) is 23.9 Å². The van der Waals surface area contributed by atoms with Gasteiger partial charge in [-0.15, -0.1) is 0 Å². The highest BCUT2D eigenvalue weighted by Gasteiger charge is 2.38. The van der Waals surface area contributed by atoms with Crippen LogP contribution >= 0.6 is 11.8 Å². The van der Waals surface area contributed by atoms with Crippen molar-refractivity contribution in [2.45, 2.75) is 17.8 Å². The van der Waals surface area contributed by atoms with Gasteiger partial charge in [-0.05, 0) is 12.1 Å². The summed E-state index contributed by atoms with van der Waals surface area (Å²) in [6.45, 7) is 0.119. The Balaban J connectivity index is 1.84. The van der Waals surface area contributed by atoms with E-state index >= 15 is 0 Å². The summed E-state index contributed by atoms with van der Waals surface area (Å²) >= 11 is 0.910. The highest BCUT2D eigenvalue weighted by Crippen LogP contribution is 2.36. The molecule has 9 heteroatoms. The first kappa shape index (κ1) is 15.2. The number of carbonyl (C=O) groups excluding carboxylic acids is 2. The second-order valence-corrected chi connectivity index (χ2v) is 8.20. The predicted octanol–water partition coefficient (Wildman–Crippen LogP) is 0.955. The number of amides is 2. The summed E-state index contributed by atoms with van der Waals surface area (Å²) in [5, 5.41) is 1.28. The first-order valence-electron chi connectivity index (χ1n) is 6.59. The van der Waals surface area contributed by atoms with Crippen molar-refractivity contribution in [3.63, 3.8) is 0 Å². The molecule has 2 aliphatic heterocycles. The van der Waals surface area contributed by atoms with Crippen molar-refractivity contribution in [2.75, 3.05) is 17.1 Å². The van der Waals surface area contributed by atoms with Crippen molar-refractivity contribution in [2.24, 2.45) is 0 Å². The number of nitrogens with one attached hydrogen (secondary N) is 1. The lowest BCUT2D eigenvalue weighted by Gasteiger charge is -2.35. The SMILES string of the molecule is CS(=O)(=O)N1C[C@H](CC2SC(=O)NC2=O)Oc2ccccc21. The van der Waals surface area contributed by atoms with Crippen LogP contribution < -0.4 is 14.4 Å². The molecule has 1 fully saturated rings. The normalized spacial score (nSPS) is 24.7. The van der Waals surface area contributed by atoms with Gasteiger partial charge in [0.1, 0.15) is 11.9 Å². The molecule has 118 valence electrons. The molecule has 2 amide bonds. The average molecular weight is 342 g/mol. The van der Waals surface area contributed by atoms with E-state index < -0.39 is 21.4 Å². The Morgan fingerprint density at radius 2 is 2.09 bits per heavy atom. The van der Waals surface area contributed by atoms with Gasteiger partial charge in [-0.25, -0.2) is 8.42 Å². The van der Waals surface area contributed by atoms with Gasteiger partial charge in [0.25, 0.3) is 5.24 Å². The first-order chi connectivity index (χ1) is 10.3. The zero-order chi connectivity index (χ0) is 15.9. The van der Waals surface area contributed by atoms with Gasteiger partial charge in [-0.2, -0.15) is 0 Å². The van der Waals surface area contributed by atoms with E-state index in [9.17, 15) is 18.0 Å². The molecule has 2 heterocycles. The monoisotopic (exact) mass is 342 g/mol. The molecule has 3 rings (SSSR count). The Bertz CT molecular complexity index is 734. The number of nitrogens with zero attached hydrogens (tertiary/aromatic N) is 1. The number of thioether (sulfide) groups is 1. The van der Waals surface area contributed by atoms with Crippen LogP contribution in [0.5, 0.6) is 5.75 Å². The van der Waals surface area contributed by atoms with Crippen molar-refractivity contribution >= 4 is 38.6 Å². The number of para-hydroxylation sites is 2. The van der Waals surface area contributed by atoms with Crippen LogP contribution in [0.2, 0.25) is 0 Å². The first-order valence-corrected chi connectivity index (χ1v) is 9.32. The maximum absolute atomic E-state index is 12.0. The van der Waals surface area contributed by atoms with Gasteiger partial charge in [0, 0.05) is 6.42 Å². The molecule has 1 aromatic rings. The molecule has 0 aliphatic carbocycles. The number of sulfonamides is 1. The highest BCUT2D eigenvalue weighted by atomic mass is 32.2. The number of anilines is 1. The Hall–Kier alpha value is -1.74. The molecule has 1 saturated heterocycles. The summed E-state index contributed by atoms with van der Waals surface area (Å²) in [6, 6.07) is 6.85. The maximum Gasteiger partial charge on any atom is 0.286 e. The van der Waals surface area contributed by atoms with Crippen LogP contribution in [0.15, 0.2) is 24.3 Å². The molecule has 0 aromatic heterocycles. The summed E-state index contributed by atoms with van der Waals surface area (Å²) in [5.41, 5.74) is 0.487. The maximum atomic E-state index is 12.0. The number of imide groups is 1. The lowest BCUT2D eigenvalue weighted by molar-refractivity contribution is -0.119. The van der Waals surface area contributed by atoms with E-state index in [0.717, 1.165) is 18.0 Å². The van der Waals surface area contributed by atoms with Crippen LogP contribution in [-0.4, -0.2) is 43.7 Å². The van der Waals surface area contributed by atoms with Gasteiger partial charge in [0.05, 0.1) is 23.7 Å². The summed E-state index contributed by atoms with van der Waals surface area (Å²) < 4.78 is 31.0. The second kappa shape index (κ2) is 5.47. The fraction of sp³-hybridized carbons (Fsp3) is 0.385. The Morgan fingerprint density at radius 1 is 1.36 bits per heavy atom. The second-order valence-electron chi connectivity index (χ2n) is 5.12. The van der Waals surface area contributed by atoms with Gasteiger partial charge in [0.2, 0.25) is 15.9 Å². The lowest BCUT2D eigenvalue weighted by Crippen LogP contribution is -2.44. The molecule has 2 aliphatic rings. The minimum absolute atomic E-state index is 0.119. The quantitative estimate of drug-likeness (QED) is 0.879. The molecule has 1 N–H and O–H groups in total. The van der Waals surface area contributed by atoms with Crippen LogP contribution in [0.1, 0.15) is 6.42 Å². The average Bonchev–Trinajstić information content (AvgIpc) is 2.75. The molecule has 1 unspecified atom stereocenters. The minimum atomic E-state index is -3.45. The fourth-order valence-corrected chi connectivity index (χ4v) is 4.33. The molecule has 1 aromatic carbocycles. The molecular weight excluding hydrogens is 328 g/mol. The van der Waals surface area contributed by atoms with E-state index in [-0.39, 0.29) is 24.1 Å². The third-order valence-electron chi connectivity index (χ3n) is 3.44. The van der Waals surface area contributed by atoms with Crippen LogP contribution in [0, 0.1) is 0 Å². The van der Waals surface area contributed by atoms with E-state index in [1.54, 1.807) is 24.3 Å². The zero-order valence-corrected chi connectivity index (χ0v) is 13.3. The van der Waals surface area contributed by atoms with Gasteiger partial charge in [0.15, 0.2) is 0 Å². The van der Waals surface area contributed by atoms with Crippen molar-refractivity contribution in [1.29, 1.82) is 0 Å².